The van der Waals surface area contributed by atoms with Gasteiger partial charge in [-0.15, -0.1) is 0 Å². The summed E-state index contributed by atoms with van der Waals surface area (Å²) in [5.41, 5.74) is 0.342. The zero-order valence-electron chi connectivity index (χ0n) is 11.3. The molecule has 2 aromatic rings. The third-order valence-corrected chi connectivity index (χ3v) is 3.01. The average Bonchev–Trinajstić information content (AvgIpc) is 2.38. The largest absolute Gasteiger partial charge is 0.337 e. The Kier molecular flexibility index (Phi) is 4.29. The molecule has 0 amide bonds. The molecule has 0 radical (unpaired) electrons. The molecule has 0 bridgehead atoms. The van der Waals surface area contributed by atoms with Crippen LogP contribution in [0.15, 0.2) is 36.4 Å². The van der Waals surface area contributed by atoms with Gasteiger partial charge in [0.1, 0.15) is 23.1 Å². The van der Waals surface area contributed by atoms with Gasteiger partial charge in [0.25, 0.3) is 0 Å². The molecule has 1 N–H and O–H groups in total. The molecule has 0 saturated carbocycles. The molecule has 0 aliphatic carbocycles. The van der Waals surface area contributed by atoms with Crippen molar-refractivity contribution in [2.45, 2.75) is 6.54 Å². The fourth-order valence-electron chi connectivity index (χ4n) is 2.09. The highest BCUT2D eigenvalue weighted by atomic mass is 19.1. The number of benzene rings is 2. The zero-order valence-corrected chi connectivity index (χ0v) is 11.3. The molecule has 0 unspecified atom stereocenters. The van der Waals surface area contributed by atoms with Crippen molar-refractivity contribution in [2.24, 2.45) is 0 Å². The predicted molar refractivity (Wildman–Crippen MR) is 73.6 cm³/mol. The van der Waals surface area contributed by atoms with Gasteiger partial charge in [-0.2, -0.15) is 0 Å². The van der Waals surface area contributed by atoms with Crippen molar-refractivity contribution in [1.29, 1.82) is 0 Å². The van der Waals surface area contributed by atoms with Gasteiger partial charge in [0.05, 0.1) is 5.69 Å². The van der Waals surface area contributed by atoms with Crippen molar-refractivity contribution in [3.8, 4) is 0 Å². The van der Waals surface area contributed by atoms with Crippen molar-refractivity contribution in [3.05, 3.63) is 59.4 Å². The first-order valence-corrected chi connectivity index (χ1v) is 6.15. The van der Waals surface area contributed by atoms with Crippen molar-refractivity contribution >= 4 is 11.4 Å². The highest BCUT2D eigenvalue weighted by molar-refractivity contribution is 5.64. The standard InChI is InChI=1S/C15H15F3N2/c1-19-9-10-7-12(17)15(13(18)8-10)20(2)14-6-4-3-5-11(14)16/h3-8,19H,9H2,1-2H3. The molecule has 0 atom stereocenters. The quantitative estimate of drug-likeness (QED) is 0.920. The summed E-state index contributed by atoms with van der Waals surface area (Å²) in [6.07, 6.45) is 0. The maximum atomic E-state index is 14.1. The second kappa shape index (κ2) is 5.96. The van der Waals surface area contributed by atoms with E-state index in [9.17, 15) is 13.2 Å². The van der Waals surface area contributed by atoms with E-state index >= 15 is 0 Å². The van der Waals surface area contributed by atoms with E-state index in [4.69, 9.17) is 0 Å². The molecule has 2 nitrogen and oxygen atoms in total. The summed E-state index contributed by atoms with van der Waals surface area (Å²) >= 11 is 0. The number of halogens is 3. The molecule has 0 saturated heterocycles. The number of hydrogen-bond acceptors (Lipinski definition) is 2. The van der Waals surface area contributed by atoms with Crippen LogP contribution in [0.3, 0.4) is 0 Å². The molecule has 106 valence electrons. The lowest BCUT2D eigenvalue weighted by molar-refractivity contribution is 0.576. The van der Waals surface area contributed by atoms with Crippen LogP contribution in [0.25, 0.3) is 0 Å². The van der Waals surface area contributed by atoms with Crippen LogP contribution in [-0.2, 0) is 6.54 Å². The molecule has 0 aliphatic heterocycles. The molecule has 2 rings (SSSR count). The van der Waals surface area contributed by atoms with Gasteiger partial charge in [0, 0.05) is 13.6 Å². The van der Waals surface area contributed by atoms with Gasteiger partial charge >= 0.3 is 0 Å². The second-order valence-electron chi connectivity index (χ2n) is 4.45. The van der Waals surface area contributed by atoms with Crippen LogP contribution >= 0.6 is 0 Å². The third-order valence-electron chi connectivity index (χ3n) is 3.01. The normalized spacial score (nSPS) is 10.7. The number of nitrogens with zero attached hydrogens (tertiary/aromatic N) is 1. The lowest BCUT2D eigenvalue weighted by Crippen LogP contribution is -2.16. The molecule has 5 heteroatoms. The smallest absolute Gasteiger partial charge is 0.150 e. The van der Waals surface area contributed by atoms with E-state index in [0.29, 0.717) is 12.1 Å². The summed E-state index contributed by atoms with van der Waals surface area (Å²) in [6.45, 7) is 0.359. The van der Waals surface area contributed by atoms with Crippen LogP contribution in [0.2, 0.25) is 0 Å². The molecule has 0 aromatic heterocycles. The first-order chi connectivity index (χ1) is 9.54. The van der Waals surface area contributed by atoms with Crippen molar-refractivity contribution < 1.29 is 13.2 Å². The van der Waals surface area contributed by atoms with Crippen LogP contribution in [-0.4, -0.2) is 14.1 Å². The van der Waals surface area contributed by atoms with Crippen LogP contribution < -0.4 is 10.2 Å². The molecule has 0 spiro atoms. The third kappa shape index (κ3) is 2.77. The molecular weight excluding hydrogens is 265 g/mol. The fourth-order valence-corrected chi connectivity index (χ4v) is 2.09. The Morgan fingerprint density at radius 3 is 2.15 bits per heavy atom. The lowest BCUT2D eigenvalue weighted by atomic mass is 10.1. The van der Waals surface area contributed by atoms with E-state index in [0.717, 1.165) is 0 Å². The SMILES string of the molecule is CNCc1cc(F)c(N(C)c2ccccc2F)c(F)c1. The number of anilines is 2. The minimum atomic E-state index is -0.721. The highest BCUT2D eigenvalue weighted by Crippen LogP contribution is 2.31. The summed E-state index contributed by atoms with van der Waals surface area (Å²) in [7, 11) is 3.12. The molecule has 20 heavy (non-hydrogen) atoms. The first kappa shape index (κ1) is 14.4. The summed E-state index contributed by atoms with van der Waals surface area (Å²) < 4.78 is 41.8. The summed E-state index contributed by atoms with van der Waals surface area (Å²) in [6, 6.07) is 8.33. The van der Waals surface area contributed by atoms with Gasteiger partial charge in [-0.25, -0.2) is 13.2 Å². The summed E-state index contributed by atoms with van der Waals surface area (Å²) in [5, 5.41) is 2.82. The minimum absolute atomic E-state index is 0.117. The number of hydrogen-bond donors (Lipinski definition) is 1. The second-order valence-corrected chi connectivity index (χ2v) is 4.45. The van der Waals surface area contributed by atoms with Gasteiger partial charge in [0.15, 0.2) is 0 Å². The highest BCUT2D eigenvalue weighted by Gasteiger charge is 2.18. The van der Waals surface area contributed by atoms with Gasteiger partial charge in [0.2, 0.25) is 0 Å². The van der Waals surface area contributed by atoms with Gasteiger partial charge in [-0.1, -0.05) is 12.1 Å². The Morgan fingerprint density at radius 1 is 1.00 bits per heavy atom. The molecule has 0 heterocycles. The zero-order chi connectivity index (χ0) is 14.7. The van der Waals surface area contributed by atoms with Gasteiger partial charge in [-0.3, -0.25) is 0 Å². The summed E-state index contributed by atoms with van der Waals surface area (Å²) in [5.74, 6) is -1.98. The van der Waals surface area contributed by atoms with Crippen LogP contribution in [0.5, 0.6) is 0 Å². The lowest BCUT2D eigenvalue weighted by Gasteiger charge is -2.21. The molecule has 0 fully saturated rings. The topological polar surface area (TPSA) is 15.3 Å². The van der Waals surface area contributed by atoms with Crippen LogP contribution in [0.4, 0.5) is 24.5 Å². The van der Waals surface area contributed by atoms with E-state index in [1.54, 1.807) is 13.1 Å². The summed E-state index contributed by atoms with van der Waals surface area (Å²) in [4.78, 5) is 1.17. The Labute approximate surface area is 115 Å². The Hall–Kier alpha value is -2.01. The van der Waals surface area contributed by atoms with Crippen LogP contribution in [0.1, 0.15) is 5.56 Å². The monoisotopic (exact) mass is 280 g/mol. The van der Waals surface area contributed by atoms with Gasteiger partial charge < -0.3 is 10.2 Å². The average molecular weight is 280 g/mol. The van der Waals surface area contributed by atoms with E-state index in [1.165, 1.54) is 42.3 Å². The predicted octanol–water partition coefficient (Wildman–Crippen LogP) is 3.59. The Morgan fingerprint density at radius 2 is 1.60 bits per heavy atom. The van der Waals surface area contributed by atoms with Gasteiger partial charge in [-0.05, 0) is 36.9 Å². The van der Waals surface area contributed by atoms with Crippen molar-refractivity contribution in [3.63, 3.8) is 0 Å². The number of rotatable bonds is 4. The van der Waals surface area contributed by atoms with E-state index < -0.39 is 17.5 Å². The van der Waals surface area contributed by atoms with Crippen LogP contribution in [0, 0.1) is 17.5 Å². The fraction of sp³-hybridized carbons (Fsp3) is 0.200. The number of nitrogens with one attached hydrogen (secondary N) is 1. The Bertz CT molecular complexity index is 591. The maximum Gasteiger partial charge on any atom is 0.150 e. The molecular formula is C15H15F3N2. The minimum Gasteiger partial charge on any atom is -0.337 e. The Balaban J connectivity index is 2.45. The molecule has 2 aromatic carbocycles. The van der Waals surface area contributed by atoms with Crippen molar-refractivity contribution in [1.82, 2.24) is 5.32 Å². The van der Waals surface area contributed by atoms with E-state index in [1.807, 2.05) is 0 Å². The van der Waals surface area contributed by atoms with Crippen molar-refractivity contribution in [2.75, 3.05) is 19.0 Å². The van der Waals surface area contributed by atoms with E-state index in [2.05, 4.69) is 5.32 Å². The van der Waals surface area contributed by atoms with E-state index in [-0.39, 0.29) is 11.4 Å². The maximum absolute atomic E-state index is 14.1. The number of para-hydroxylation sites is 1. The first-order valence-electron chi connectivity index (χ1n) is 6.15. The molecule has 0 aliphatic rings.